The van der Waals surface area contributed by atoms with Gasteiger partial charge < -0.3 is 0 Å². The lowest BCUT2D eigenvalue weighted by atomic mass is 9.70. The predicted octanol–water partition coefficient (Wildman–Crippen LogP) is 7.40. The van der Waals surface area contributed by atoms with E-state index < -0.39 is 0 Å². The van der Waals surface area contributed by atoms with Gasteiger partial charge in [0, 0.05) is 11.8 Å². The van der Waals surface area contributed by atoms with Crippen LogP contribution in [0.5, 0.6) is 0 Å². The molecule has 0 bridgehead atoms. The summed E-state index contributed by atoms with van der Waals surface area (Å²) in [4.78, 5) is 4.64. The first kappa shape index (κ1) is 17.7. The molecule has 1 aromatic heterocycles. The summed E-state index contributed by atoms with van der Waals surface area (Å²) < 4.78 is 0. The lowest BCUT2D eigenvalue weighted by Crippen LogP contribution is -2.25. The van der Waals surface area contributed by atoms with Gasteiger partial charge in [-0.15, -0.1) is 0 Å². The molecule has 1 heteroatoms. The van der Waals surface area contributed by atoms with Crippen molar-refractivity contribution < 1.29 is 0 Å². The highest BCUT2D eigenvalue weighted by Gasteiger charge is 2.51. The molecule has 0 N–H and O–H groups in total. The number of aromatic nitrogens is 1. The fourth-order valence-electron chi connectivity index (χ4n) is 6.06. The molecule has 0 unspecified atom stereocenters. The van der Waals surface area contributed by atoms with Crippen LogP contribution in [0.25, 0.3) is 33.5 Å². The molecule has 32 heavy (non-hydrogen) atoms. The number of hydrogen-bond donors (Lipinski definition) is 0. The van der Waals surface area contributed by atoms with E-state index in [1.807, 2.05) is 12.3 Å². The van der Waals surface area contributed by atoms with E-state index in [-0.39, 0.29) is 5.41 Å². The molecular weight excluding hydrogens is 386 g/mol. The van der Waals surface area contributed by atoms with Crippen molar-refractivity contribution >= 4 is 0 Å². The molecule has 1 nitrogen and oxygen atoms in total. The molecular formula is C31H21N. The Balaban J connectivity index is 1.66. The average Bonchev–Trinajstić information content (AvgIpc) is 3.32. The number of pyridine rings is 1. The largest absolute Gasteiger partial charge is 0.256 e. The zero-order valence-electron chi connectivity index (χ0n) is 17.8. The summed E-state index contributed by atoms with van der Waals surface area (Å²) in [6.45, 7) is 2.24. The second-order valence-corrected chi connectivity index (χ2v) is 8.81. The number of fused-ring (bicyclic) bond motifs is 10. The summed E-state index contributed by atoms with van der Waals surface area (Å²) >= 11 is 0. The molecule has 2 aliphatic rings. The van der Waals surface area contributed by atoms with Crippen molar-refractivity contribution in [1.82, 2.24) is 4.98 Å². The van der Waals surface area contributed by atoms with Crippen molar-refractivity contribution in [3.63, 3.8) is 0 Å². The van der Waals surface area contributed by atoms with E-state index in [9.17, 15) is 0 Å². The number of nitrogens with zero attached hydrogens (tertiary/aromatic N) is 1. The molecule has 4 aromatic carbocycles. The summed E-state index contributed by atoms with van der Waals surface area (Å²) in [5.41, 5.74) is 14.1. The average molecular weight is 408 g/mol. The molecule has 1 spiro atoms. The number of aryl methyl sites for hydroxylation is 1. The molecule has 0 aliphatic heterocycles. The van der Waals surface area contributed by atoms with Crippen LogP contribution in [-0.2, 0) is 5.41 Å². The van der Waals surface area contributed by atoms with Crippen molar-refractivity contribution in [1.29, 1.82) is 0 Å². The molecule has 0 saturated heterocycles. The monoisotopic (exact) mass is 407 g/mol. The number of hydrogen-bond acceptors (Lipinski definition) is 1. The van der Waals surface area contributed by atoms with E-state index in [2.05, 4.69) is 109 Å². The summed E-state index contributed by atoms with van der Waals surface area (Å²) in [5.74, 6) is 0. The minimum Gasteiger partial charge on any atom is -0.256 e. The minimum atomic E-state index is -0.297. The normalized spacial score (nSPS) is 14.0. The third-order valence-corrected chi connectivity index (χ3v) is 7.28. The Morgan fingerprint density at radius 2 is 1.25 bits per heavy atom. The van der Waals surface area contributed by atoms with E-state index >= 15 is 0 Å². The van der Waals surface area contributed by atoms with Gasteiger partial charge in [-0.25, -0.2) is 0 Å². The summed E-state index contributed by atoms with van der Waals surface area (Å²) in [7, 11) is 0. The Kier molecular flexibility index (Phi) is 3.47. The van der Waals surface area contributed by atoms with E-state index in [1.165, 1.54) is 50.1 Å². The first-order chi connectivity index (χ1) is 15.8. The van der Waals surface area contributed by atoms with Crippen molar-refractivity contribution in [3.8, 4) is 33.5 Å². The summed E-state index contributed by atoms with van der Waals surface area (Å²) in [5, 5.41) is 0. The zero-order chi connectivity index (χ0) is 21.3. The number of rotatable bonds is 1. The van der Waals surface area contributed by atoms with Crippen LogP contribution in [0.15, 0.2) is 109 Å². The van der Waals surface area contributed by atoms with Gasteiger partial charge in [0.15, 0.2) is 0 Å². The van der Waals surface area contributed by atoms with E-state index in [0.29, 0.717) is 0 Å². The molecule has 5 aromatic rings. The molecule has 7 rings (SSSR count). The smallest absolute Gasteiger partial charge is 0.0725 e. The Bertz CT molecular complexity index is 1480. The van der Waals surface area contributed by atoms with Crippen LogP contribution in [0.3, 0.4) is 0 Å². The lowest BCUT2D eigenvalue weighted by Gasteiger charge is -2.30. The van der Waals surface area contributed by atoms with Crippen LogP contribution in [0, 0.1) is 6.92 Å². The maximum Gasteiger partial charge on any atom is 0.0725 e. The van der Waals surface area contributed by atoms with Gasteiger partial charge >= 0.3 is 0 Å². The van der Waals surface area contributed by atoms with Gasteiger partial charge in [-0.05, 0) is 75.2 Å². The third kappa shape index (κ3) is 2.06. The molecule has 0 saturated carbocycles. The van der Waals surface area contributed by atoms with Crippen LogP contribution < -0.4 is 0 Å². The van der Waals surface area contributed by atoms with Crippen molar-refractivity contribution in [3.05, 3.63) is 137 Å². The van der Waals surface area contributed by atoms with Crippen LogP contribution in [0.2, 0.25) is 0 Å². The topological polar surface area (TPSA) is 12.9 Å². The predicted molar refractivity (Wildman–Crippen MR) is 131 cm³/mol. The Morgan fingerprint density at radius 3 is 1.97 bits per heavy atom. The van der Waals surface area contributed by atoms with Crippen molar-refractivity contribution in [2.24, 2.45) is 0 Å². The molecule has 0 amide bonds. The van der Waals surface area contributed by atoms with Gasteiger partial charge in [0.2, 0.25) is 0 Å². The first-order valence-corrected chi connectivity index (χ1v) is 11.2. The van der Waals surface area contributed by atoms with Gasteiger partial charge in [0.05, 0.1) is 11.1 Å². The minimum absolute atomic E-state index is 0.297. The second kappa shape index (κ2) is 6.27. The van der Waals surface area contributed by atoms with Crippen molar-refractivity contribution in [2.45, 2.75) is 12.3 Å². The Labute approximate surface area is 188 Å². The molecule has 0 atom stereocenters. The molecule has 0 fully saturated rings. The second-order valence-electron chi connectivity index (χ2n) is 8.81. The standard InChI is InChI=1S/C31H21N/c1-20-9-8-14-27-30(20)24-17-16-21(29-15-6-7-18-32-29)19-28(24)31(27)25-12-4-2-10-22(25)23-11-3-5-13-26(23)31/h2-19H,1H3. The maximum absolute atomic E-state index is 4.64. The van der Waals surface area contributed by atoms with Crippen LogP contribution in [-0.4, -0.2) is 4.98 Å². The van der Waals surface area contributed by atoms with Gasteiger partial charge in [0.25, 0.3) is 0 Å². The van der Waals surface area contributed by atoms with Crippen molar-refractivity contribution in [2.75, 3.05) is 0 Å². The Hall–Kier alpha value is -3.97. The zero-order valence-corrected chi connectivity index (χ0v) is 17.8. The van der Waals surface area contributed by atoms with E-state index in [1.54, 1.807) is 0 Å². The fraction of sp³-hybridized carbons (Fsp3) is 0.0645. The SMILES string of the molecule is Cc1cccc2c1-c1ccc(-c3ccccn3)cc1C21c2ccccc2-c2ccccc21. The van der Waals surface area contributed by atoms with Gasteiger partial charge in [0.1, 0.15) is 0 Å². The molecule has 1 heterocycles. The highest BCUT2D eigenvalue weighted by atomic mass is 14.7. The maximum atomic E-state index is 4.64. The van der Waals surface area contributed by atoms with Crippen LogP contribution in [0.4, 0.5) is 0 Å². The van der Waals surface area contributed by atoms with Gasteiger partial charge in [-0.3, -0.25) is 4.98 Å². The summed E-state index contributed by atoms with van der Waals surface area (Å²) in [6, 6.07) is 37.7. The van der Waals surface area contributed by atoms with E-state index in [0.717, 1.165) is 11.3 Å². The first-order valence-electron chi connectivity index (χ1n) is 11.2. The van der Waals surface area contributed by atoms with Gasteiger partial charge in [-0.1, -0.05) is 84.9 Å². The summed E-state index contributed by atoms with van der Waals surface area (Å²) in [6.07, 6.45) is 1.87. The number of benzene rings is 4. The van der Waals surface area contributed by atoms with E-state index in [4.69, 9.17) is 0 Å². The van der Waals surface area contributed by atoms with Gasteiger partial charge in [-0.2, -0.15) is 0 Å². The van der Waals surface area contributed by atoms with Crippen LogP contribution in [0.1, 0.15) is 27.8 Å². The third-order valence-electron chi connectivity index (χ3n) is 7.28. The highest BCUT2D eigenvalue weighted by molar-refractivity contribution is 5.96. The molecule has 2 aliphatic carbocycles. The quantitative estimate of drug-likeness (QED) is 0.276. The lowest BCUT2D eigenvalue weighted by molar-refractivity contribution is 0.793. The highest BCUT2D eigenvalue weighted by Crippen LogP contribution is 2.63. The molecule has 0 radical (unpaired) electrons. The molecule has 150 valence electrons. The Morgan fingerprint density at radius 1 is 0.562 bits per heavy atom. The van der Waals surface area contributed by atoms with Crippen LogP contribution >= 0.6 is 0 Å². The fourth-order valence-corrected chi connectivity index (χ4v) is 6.06.